The van der Waals surface area contributed by atoms with Crippen LogP contribution in [0, 0.1) is 12.8 Å². The molecule has 0 aliphatic heterocycles. The first-order chi connectivity index (χ1) is 7.13. The van der Waals surface area contributed by atoms with Gasteiger partial charge in [-0.25, -0.2) is 0 Å². The summed E-state index contributed by atoms with van der Waals surface area (Å²) in [6, 6.07) is 0.341. The van der Waals surface area contributed by atoms with E-state index in [1.165, 1.54) is 0 Å². The molecular formula is C11H20N4. The van der Waals surface area contributed by atoms with E-state index in [0.29, 0.717) is 18.5 Å². The average molecular weight is 208 g/mol. The van der Waals surface area contributed by atoms with Crippen molar-refractivity contribution in [2.45, 2.75) is 33.4 Å². The average Bonchev–Trinajstić information content (AvgIpc) is 2.21. The number of hydrogen-bond acceptors (Lipinski definition) is 4. The van der Waals surface area contributed by atoms with Gasteiger partial charge in [0.15, 0.2) is 0 Å². The second-order valence-electron chi connectivity index (χ2n) is 4.12. The quantitative estimate of drug-likeness (QED) is 0.753. The van der Waals surface area contributed by atoms with Crippen LogP contribution in [0.1, 0.15) is 25.2 Å². The van der Waals surface area contributed by atoms with Crippen LogP contribution in [0.25, 0.3) is 0 Å². The van der Waals surface area contributed by atoms with Gasteiger partial charge < -0.3 is 11.1 Å². The molecule has 1 rings (SSSR count). The summed E-state index contributed by atoms with van der Waals surface area (Å²) in [7, 11) is 0. The highest BCUT2D eigenvalue weighted by molar-refractivity contribution is 5.00. The van der Waals surface area contributed by atoms with E-state index in [9.17, 15) is 0 Å². The summed E-state index contributed by atoms with van der Waals surface area (Å²) in [4.78, 5) is 8.47. The van der Waals surface area contributed by atoms with Crippen molar-refractivity contribution < 1.29 is 0 Å². The Morgan fingerprint density at radius 3 is 2.53 bits per heavy atom. The minimum absolute atomic E-state index is 0.341. The number of hydrogen-bond donors (Lipinski definition) is 2. The largest absolute Gasteiger partial charge is 0.329 e. The number of nitrogens with one attached hydrogen (secondary N) is 1. The Morgan fingerprint density at radius 2 is 2.07 bits per heavy atom. The van der Waals surface area contributed by atoms with Crippen LogP contribution >= 0.6 is 0 Å². The molecule has 0 saturated carbocycles. The molecule has 0 fully saturated rings. The first-order valence-corrected chi connectivity index (χ1v) is 5.34. The Bertz CT molecular complexity index is 281. The maximum Gasteiger partial charge on any atom is 0.0724 e. The Hall–Kier alpha value is -1.00. The van der Waals surface area contributed by atoms with Crippen LogP contribution in [0.3, 0.4) is 0 Å². The second-order valence-corrected chi connectivity index (χ2v) is 4.12. The summed E-state index contributed by atoms with van der Waals surface area (Å²) in [5, 5.41) is 3.38. The Balaban J connectivity index is 2.45. The van der Waals surface area contributed by atoms with Crippen LogP contribution in [0.2, 0.25) is 0 Å². The highest BCUT2D eigenvalue weighted by Crippen LogP contribution is 2.01. The molecule has 4 heteroatoms. The minimum Gasteiger partial charge on any atom is -0.329 e. The summed E-state index contributed by atoms with van der Waals surface area (Å²) in [5.74, 6) is 0.536. The van der Waals surface area contributed by atoms with Gasteiger partial charge in [-0.1, -0.05) is 13.8 Å². The smallest absolute Gasteiger partial charge is 0.0724 e. The molecule has 1 heterocycles. The van der Waals surface area contributed by atoms with E-state index >= 15 is 0 Å². The molecule has 1 aromatic rings. The molecule has 0 aliphatic rings. The molecule has 4 nitrogen and oxygen atoms in total. The Kier molecular flexibility index (Phi) is 4.65. The Morgan fingerprint density at radius 1 is 1.33 bits per heavy atom. The molecule has 15 heavy (non-hydrogen) atoms. The minimum atomic E-state index is 0.341. The van der Waals surface area contributed by atoms with Crippen molar-refractivity contribution in [2.24, 2.45) is 11.7 Å². The zero-order chi connectivity index (χ0) is 11.3. The van der Waals surface area contributed by atoms with Gasteiger partial charge in [-0.3, -0.25) is 9.97 Å². The number of aryl methyl sites for hydroxylation is 1. The standard InChI is InChI=1S/C11H20N4/c1-8(2)11(4-12)15-7-10-6-13-9(3)5-14-10/h5-6,8,11,15H,4,7,12H2,1-3H3. The van der Waals surface area contributed by atoms with Crippen molar-refractivity contribution in [1.82, 2.24) is 15.3 Å². The van der Waals surface area contributed by atoms with Gasteiger partial charge in [-0.2, -0.15) is 0 Å². The van der Waals surface area contributed by atoms with Gasteiger partial charge in [0, 0.05) is 31.5 Å². The predicted octanol–water partition coefficient (Wildman–Crippen LogP) is 0.858. The third-order valence-electron chi connectivity index (χ3n) is 2.44. The first kappa shape index (κ1) is 12.1. The van der Waals surface area contributed by atoms with Crippen LogP contribution in [-0.4, -0.2) is 22.6 Å². The van der Waals surface area contributed by atoms with Crippen molar-refractivity contribution in [3.63, 3.8) is 0 Å². The van der Waals surface area contributed by atoms with Crippen LogP contribution in [-0.2, 0) is 6.54 Å². The fourth-order valence-corrected chi connectivity index (χ4v) is 1.34. The van der Waals surface area contributed by atoms with E-state index in [2.05, 4.69) is 29.1 Å². The van der Waals surface area contributed by atoms with Crippen molar-refractivity contribution >= 4 is 0 Å². The van der Waals surface area contributed by atoms with Gasteiger partial charge in [-0.15, -0.1) is 0 Å². The molecule has 0 radical (unpaired) electrons. The molecular weight excluding hydrogens is 188 g/mol. The maximum absolute atomic E-state index is 5.66. The zero-order valence-corrected chi connectivity index (χ0v) is 9.70. The fraction of sp³-hybridized carbons (Fsp3) is 0.636. The van der Waals surface area contributed by atoms with Gasteiger partial charge in [0.05, 0.1) is 11.4 Å². The molecule has 1 aromatic heterocycles. The molecule has 1 unspecified atom stereocenters. The van der Waals surface area contributed by atoms with Gasteiger partial charge in [0.2, 0.25) is 0 Å². The predicted molar refractivity (Wildman–Crippen MR) is 61.3 cm³/mol. The maximum atomic E-state index is 5.66. The summed E-state index contributed by atoms with van der Waals surface area (Å²) in [5.41, 5.74) is 7.56. The molecule has 0 saturated heterocycles. The number of nitrogens with two attached hydrogens (primary N) is 1. The number of rotatable bonds is 5. The normalized spacial score (nSPS) is 13.1. The van der Waals surface area contributed by atoms with E-state index in [-0.39, 0.29) is 0 Å². The lowest BCUT2D eigenvalue weighted by Gasteiger charge is -2.20. The first-order valence-electron chi connectivity index (χ1n) is 5.34. The van der Waals surface area contributed by atoms with Crippen molar-refractivity contribution in [2.75, 3.05) is 6.54 Å². The Labute approximate surface area is 91.3 Å². The van der Waals surface area contributed by atoms with E-state index in [1.54, 1.807) is 12.4 Å². The van der Waals surface area contributed by atoms with Crippen LogP contribution in [0.15, 0.2) is 12.4 Å². The van der Waals surface area contributed by atoms with Crippen molar-refractivity contribution in [3.8, 4) is 0 Å². The molecule has 0 bridgehead atoms. The van der Waals surface area contributed by atoms with Crippen LogP contribution in [0.4, 0.5) is 0 Å². The monoisotopic (exact) mass is 208 g/mol. The van der Waals surface area contributed by atoms with Crippen LogP contribution < -0.4 is 11.1 Å². The topological polar surface area (TPSA) is 63.8 Å². The summed E-state index contributed by atoms with van der Waals surface area (Å²) in [6.07, 6.45) is 3.58. The van der Waals surface area contributed by atoms with Gasteiger partial charge >= 0.3 is 0 Å². The molecule has 0 spiro atoms. The summed E-state index contributed by atoms with van der Waals surface area (Å²) < 4.78 is 0. The van der Waals surface area contributed by atoms with Crippen molar-refractivity contribution in [1.29, 1.82) is 0 Å². The van der Waals surface area contributed by atoms with E-state index < -0.39 is 0 Å². The van der Waals surface area contributed by atoms with E-state index in [4.69, 9.17) is 5.73 Å². The lowest BCUT2D eigenvalue weighted by atomic mass is 10.0. The summed E-state index contributed by atoms with van der Waals surface area (Å²) in [6.45, 7) is 7.63. The SMILES string of the molecule is Cc1cnc(CNC(CN)C(C)C)cn1. The third kappa shape index (κ3) is 3.93. The van der Waals surface area contributed by atoms with Gasteiger partial charge in [0.1, 0.15) is 0 Å². The molecule has 84 valence electrons. The summed E-state index contributed by atoms with van der Waals surface area (Å²) >= 11 is 0. The molecule has 0 aliphatic carbocycles. The highest BCUT2D eigenvalue weighted by Gasteiger charge is 2.10. The lowest BCUT2D eigenvalue weighted by molar-refractivity contribution is 0.402. The molecule has 3 N–H and O–H groups in total. The van der Waals surface area contributed by atoms with Crippen molar-refractivity contribution in [3.05, 3.63) is 23.8 Å². The van der Waals surface area contributed by atoms with Gasteiger partial charge in [0.25, 0.3) is 0 Å². The lowest BCUT2D eigenvalue weighted by Crippen LogP contribution is -2.39. The fourth-order valence-electron chi connectivity index (χ4n) is 1.34. The number of aromatic nitrogens is 2. The van der Waals surface area contributed by atoms with E-state index in [0.717, 1.165) is 17.9 Å². The zero-order valence-electron chi connectivity index (χ0n) is 9.70. The second kappa shape index (κ2) is 5.78. The van der Waals surface area contributed by atoms with Gasteiger partial charge in [-0.05, 0) is 12.8 Å². The molecule has 0 aromatic carbocycles. The highest BCUT2D eigenvalue weighted by atomic mass is 15.0. The van der Waals surface area contributed by atoms with Crippen LogP contribution in [0.5, 0.6) is 0 Å². The third-order valence-corrected chi connectivity index (χ3v) is 2.44. The molecule has 1 atom stereocenters. The molecule has 0 amide bonds. The van der Waals surface area contributed by atoms with E-state index in [1.807, 2.05) is 6.92 Å². The number of nitrogens with zero attached hydrogens (tertiary/aromatic N) is 2.